The van der Waals surface area contributed by atoms with Crippen molar-refractivity contribution in [2.24, 2.45) is 0 Å². The Morgan fingerprint density at radius 2 is 1.50 bits per heavy atom. The molecule has 0 saturated carbocycles. The highest BCUT2D eigenvalue weighted by Crippen LogP contribution is 2.31. The molecule has 3 amide bonds. The average Bonchev–Trinajstić information content (AvgIpc) is 3.26. The van der Waals surface area contributed by atoms with E-state index in [4.69, 9.17) is 0 Å². The van der Waals surface area contributed by atoms with Gasteiger partial charge in [0.1, 0.15) is 5.82 Å². The number of amides is 3. The maximum Gasteiger partial charge on any atom is 0.321 e. The average molecular weight is 575 g/mol. The number of urea groups is 1. The van der Waals surface area contributed by atoms with Crippen molar-refractivity contribution in [1.82, 2.24) is 14.4 Å². The Bertz CT molecular complexity index is 1470. The van der Waals surface area contributed by atoms with Gasteiger partial charge in [-0.2, -0.15) is 0 Å². The SMILES string of the molecule is Cc1ccc(-n2c(-c3ccc(F)cc3)cc(C(=O)N3CCN(C(=O)Nc4cccc(Br)c4)CC3)c2C)cc1. The maximum absolute atomic E-state index is 13.7. The van der Waals surface area contributed by atoms with Crippen LogP contribution in [-0.2, 0) is 0 Å². The van der Waals surface area contributed by atoms with Crippen LogP contribution in [0.2, 0.25) is 0 Å². The van der Waals surface area contributed by atoms with Crippen LogP contribution in [0.15, 0.2) is 83.3 Å². The molecule has 4 aromatic rings. The molecule has 0 spiro atoms. The number of anilines is 1. The van der Waals surface area contributed by atoms with Gasteiger partial charge in [-0.15, -0.1) is 0 Å². The second kappa shape index (κ2) is 10.8. The lowest BCUT2D eigenvalue weighted by atomic mass is 10.1. The van der Waals surface area contributed by atoms with Crippen LogP contribution in [0.3, 0.4) is 0 Å². The van der Waals surface area contributed by atoms with Gasteiger partial charge in [0.2, 0.25) is 0 Å². The first-order chi connectivity index (χ1) is 18.3. The van der Waals surface area contributed by atoms with Gasteiger partial charge >= 0.3 is 6.03 Å². The fourth-order valence-electron chi connectivity index (χ4n) is 4.73. The number of halogens is 2. The van der Waals surface area contributed by atoms with Gasteiger partial charge in [0.15, 0.2) is 0 Å². The third-order valence-corrected chi connectivity index (χ3v) is 7.33. The number of hydrogen-bond donors (Lipinski definition) is 1. The first-order valence-corrected chi connectivity index (χ1v) is 13.3. The molecule has 194 valence electrons. The predicted octanol–water partition coefficient (Wildman–Crippen LogP) is 6.65. The van der Waals surface area contributed by atoms with E-state index in [1.165, 1.54) is 12.1 Å². The van der Waals surface area contributed by atoms with Gasteiger partial charge in [-0.1, -0.05) is 39.7 Å². The summed E-state index contributed by atoms with van der Waals surface area (Å²) < 4.78 is 16.6. The number of piperazine rings is 1. The molecule has 6 nitrogen and oxygen atoms in total. The topological polar surface area (TPSA) is 57.6 Å². The Hall–Kier alpha value is -3.91. The molecule has 1 N–H and O–H groups in total. The summed E-state index contributed by atoms with van der Waals surface area (Å²) in [5.41, 5.74) is 5.83. The van der Waals surface area contributed by atoms with Crippen LogP contribution in [-0.4, -0.2) is 52.5 Å². The normalized spacial score (nSPS) is 13.5. The van der Waals surface area contributed by atoms with Crippen molar-refractivity contribution >= 4 is 33.6 Å². The lowest BCUT2D eigenvalue weighted by molar-refractivity contribution is 0.0671. The summed E-state index contributed by atoms with van der Waals surface area (Å²) in [5.74, 6) is -0.388. The molecule has 0 bridgehead atoms. The van der Waals surface area contributed by atoms with Gasteiger partial charge < -0.3 is 19.7 Å². The van der Waals surface area contributed by atoms with Gasteiger partial charge in [-0.25, -0.2) is 9.18 Å². The first-order valence-electron chi connectivity index (χ1n) is 12.5. The van der Waals surface area contributed by atoms with Crippen molar-refractivity contribution in [3.63, 3.8) is 0 Å². The van der Waals surface area contributed by atoms with Crippen molar-refractivity contribution in [2.45, 2.75) is 13.8 Å². The molecular formula is C30H28BrFN4O2. The van der Waals surface area contributed by atoms with Gasteiger partial charge in [-0.05, 0) is 80.1 Å². The minimum absolute atomic E-state index is 0.0798. The standard InChI is InChI=1S/C30H28BrFN4O2/c1-20-6-12-26(13-7-20)36-21(2)27(19-28(36)22-8-10-24(32)11-9-22)29(37)34-14-16-35(17-15-34)30(38)33-25-5-3-4-23(31)18-25/h3-13,18-19H,14-17H2,1-2H3,(H,33,38). The lowest BCUT2D eigenvalue weighted by Gasteiger charge is -2.34. The zero-order valence-electron chi connectivity index (χ0n) is 21.2. The van der Waals surface area contributed by atoms with Crippen LogP contribution in [0.1, 0.15) is 21.6 Å². The zero-order chi connectivity index (χ0) is 26.8. The highest BCUT2D eigenvalue weighted by Gasteiger charge is 2.28. The number of carbonyl (C=O) groups is 2. The van der Waals surface area contributed by atoms with Crippen molar-refractivity contribution in [3.8, 4) is 16.9 Å². The quantitative estimate of drug-likeness (QED) is 0.296. The number of benzene rings is 3. The van der Waals surface area contributed by atoms with Crippen molar-refractivity contribution < 1.29 is 14.0 Å². The third-order valence-electron chi connectivity index (χ3n) is 6.84. The molecule has 1 saturated heterocycles. The van der Waals surface area contributed by atoms with E-state index < -0.39 is 0 Å². The van der Waals surface area contributed by atoms with Gasteiger partial charge in [0.05, 0.1) is 11.3 Å². The smallest absolute Gasteiger partial charge is 0.321 e. The van der Waals surface area contributed by atoms with Crippen molar-refractivity contribution in [3.05, 3.63) is 106 Å². The molecule has 0 atom stereocenters. The Morgan fingerprint density at radius 1 is 0.842 bits per heavy atom. The van der Waals surface area contributed by atoms with Crippen LogP contribution in [0, 0.1) is 19.7 Å². The number of aromatic nitrogens is 1. The Labute approximate surface area is 229 Å². The molecule has 1 aromatic heterocycles. The number of nitrogens with one attached hydrogen (secondary N) is 1. The summed E-state index contributed by atoms with van der Waals surface area (Å²) >= 11 is 3.42. The molecule has 0 radical (unpaired) electrons. The number of rotatable bonds is 4. The minimum Gasteiger partial charge on any atom is -0.335 e. The molecule has 1 aliphatic heterocycles. The Kier molecular flexibility index (Phi) is 7.33. The van der Waals surface area contributed by atoms with Crippen LogP contribution in [0.5, 0.6) is 0 Å². The molecule has 8 heteroatoms. The molecule has 3 aromatic carbocycles. The molecular weight excluding hydrogens is 547 g/mol. The molecule has 1 fully saturated rings. The minimum atomic E-state index is -0.308. The van der Waals surface area contributed by atoms with Crippen molar-refractivity contribution in [2.75, 3.05) is 31.5 Å². The maximum atomic E-state index is 13.7. The summed E-state index contributed by atoms with van der Waals surface area (Å²) in [6, 6.07) is 23.6. The molecule has 2 heterocycles. The highest BCUT2D eigenvalue weighted by atomic mass is 79.9. The lowest BCUT2D eigenvalue weighted by Crippen LogP contribution is -2.51. The molecule has 38 heavy (non-hydrogen) atoms. The van der Waals surface area contributed by atoms with Gasteiger partial charge in [0.25, 0.3) is 5.91 Å². The van der Waals surface area contributed by atoms with E-state index in [1.54, 1.807) is 21.9 Å². The monoisotopic (exact) mass is 574 g/mol. The Morgan fingerprint density at radius 3 is 2.16 bits per heavy atom. The van der Waals surface area contributed by atoms with E-state index in [0.29, 0.717) is 37.4 Å². The fraction of sp³-hybridized carbons (Fsp3) is 0.200. The van der Waals surface area contributed by atoms with Crippen LogP contribution in [0.25, 0.3) is 16.9 Å². The zero-order valence-corrected chi connectivity index (χ0v) is 22.8. The second-order valence-electron chi connectivity index (χ2n) is 9.43. The highest BCUT2D eigenvalue weighted by molar-refractivity contribution is 9.10. The van der Waals surface area contributed by atoms with Crippen LogP contribution < -0.4 is 5.32 Å². The number of hydrogen-bond acceptors (Lipinski definition) is 2. The van der Waals surface area contributed by atoms with E-state index in [2.05, 4.69) is 21.2 Å². The summed E-state index contributed by atoms with van der Waals surface area (Å²) in [4.78, 5) is 30.0. The van der Waals surface area contributed by atoms with E-state index in [0.717, 1.165) is 32.7 Å². The summed E-state index contributed by atoms with van der Waals surface area (Å²) in [7, 11) is 0. The Balaban J connectivity index is 1.37. The van der Waals surface area contributed by atoms with E-state index >= 15 is 0 Å². The van der Waals surface area contributed by atoms with Crippen molar-refractivity contribution in [1.29, 1.82) is 0 Å². The second-order valence-corrected chi connectivity index (χ2v) is 10.3. The van der Waals surface area contributed by atoms with E-state index in [-0.39, 0.29) is 17.8 Å². The van der Waals surface area contributed by atoms with E-state index in [1.807, 2.05) is 73.0 Å². The summed E-state index contributed by atoms with van der Waals surface area (Å²) in [6.07, 6.45) is 0. The number of carbonyl (C=O) groups excluding carboxylic acids is 2. The van der Waals surface area contributed by atoms with Gasteiger partial charge in [0, 0.05) is 47.7 Å². The first kappa shape index (κ1) is 25.7. The number of aryl methyl sites for hydroxylation is 1. The van der Waals surface area contributed by atoms with Crippen LogP contribution in [0.4, 0.5) is 14.9 Å². The fourth-order valence-corrected chi connectivity index (χ4v) is 5.13. The third kappa shape index (κ3) is 5.36. The predicted molar refractivity (Wildman–Crippen MR) is 151 cm³/mol. The molecule has 0 aliphatic carbocycles. The van der Waals surface area contributed by atoms with Crippen LogP contribution >= 0.6 is 15.9 Å². The number of nitrogens with zero attached hydrogens (tertiary/aromatic N) is 3. The summed E-state index contributed by atoms with van der Waals surface area (Å²) in [5, 5.41) is 2.92. The van der Waals surface area contributed by atoms with E-state index in [9.17, 15) is 14.0 Å². The largest absolute Gasteiger partial charge is 0.335 e. The molecule has 1 aliphatic rings. The molecule has 0 unspecified atom stereocenters. The molecule has 5 rings (SSSR count). The van der Waals surface area contributed by atoms with Gasteiger partial charge in [-0.3, -0.25) is 4.79 Å². The summed E-state index contributed by atoms with van der Waals surface area (Å²) in [6.45, 7) is 5.71.